The van der Waals surface area contributed by atoms with E-state index in [1.807, 2.05) is 65.6 Å². The molecule has 4 fully saturated rings. The van der Waals surface area contributed by atoms with Gasteiger partial charge in [-0.25, -0.2) is 9.36 Å². The Bertz CT molecular complexity index is 2340. The lowest BCUT2D eigenvalue weighted by atomic mass is 9.33. The molecule has 5 aliphatic rings. The minimum absolute atomic E-state index is 0.0268. The Morgan fingerprint density at radius 2 is 1.42 bits per heavy atom. The molecule has 0 unspecified atom stereocenters. The Morgan fingerprint density at radius 1 is 0.790 bits per heavy atom. The van der Waals surface area contributed by atoms with Gasteiger partial charge in [-0.2, -0.15) is 0 Å². The van der Waals surface area contributed by atoms with Gasteiger partial charge in [0.05, 0.1) is 50.2 Å². The van der Waals surface area contributed by atoms with Gasteiger partial charge in [0.25, 0.3) is 0 Å². The number of benzene rings is 2. The molecule has 2 heterocycles. The van der Waals surface area contributed by atoms with Crippen molar-refractivity contribution in [3.05, 3.63) is 105 Å². The van der Waals surface area contributed by atoms with E-state index in [4.69, 9.17) is 32.7 Å². The van der Waals surface area contributed by atoms with Gasteiger partial charge in [0.15, 0.2) is 0 Å². The standard InChI is InChI=1S/C50H64Cl2N6O4/c1-45(2)19-21-50(44(60)62-31-38-29-58(56-54-38)27-34-10-8-12-36(52)24-34)22-20-48(5)39(40(50)25-45)13-14-42-46(3)17-16-43(59)47(4,41(46)15-18-49(42,48)6)32-61-30-37-28-57(55-53-37)26-33-9-7-11-35(51)23-33/h7-13,23-24,28-29,40-43,59H,14-22,25-27,30-32H2,1-6H3/t40-,41+,42+,43-,46-,47-,48+,49+,50-/m0/s1. The first kappa shape index (κ1) is 43.7. The molecule has 0 amide bonds. The number of fused-ring (bicyclic) bond motifs is 7. The zero-order chi connectivity index (χ0) is 43.7. The Hall–Kier alpha value is -3.57. The van der Waals surface area contributed by atoms with Crippen LogP contribution in [0, 0.1) is 50.2 Å². The second kappa shape index (κ2) is 16.1. The molecule has 2 aromatic heterocycles. The lowest BCUT2D eigenvalue weighted by Crippen LogP contribution is -2.66. The van der Waals surface area contributed by atoms with E-state index < -0.39 is 16.9 Å². The Kier molecular flexibility index (Phi) is 11.4. The molecule has 0 saturated heterocycles. The minimum atomic E-state index is -0.548. The van der Waals surface area contributed by atoms with Crippen LogP contribution in [0.2, 0.25) is 10.0 Å². The smallest absolute Gasteiger partial charge is 0.313 e. The summed E-state index contributed by atoms with van der Waals surface area (Å²) in [7, 11) is 0. The molecule has 5 aliphatic carbocycles. The van der Waals surface area contributed by atoms with E-state index in [0.29, 0.717) is 53.9 Å². The van der Waals surface area contributed by atoms with Gasteiger partial charge in [0.2, 0.25) is 0 Å². The molecule has 4 saturated carbocycles. The van der Waals surface area contributed by atoms with Gasteiger partial charge < -0.3 is 14.6 Å². The summed E-state index contributed by atoms with van der Waals surface area (Å²) in [4.78, 5) is 14.7. The van der Waals surface area contributed by atoms with E-state index in [1.165, 1.54) is 5.57 Å². The summed E-state index contributed by atoms with van der Waals surface area (Å²) in [5.41, 5.74) is 4.24. The van der Waals surface area contributed by atoms with Crippen LogP contribution >= 0.6 is 23.2 Å². The second-order valence-corrected chi connectivity index (χ2v) is 22.4. The molecule has 2 aromatic carbocycles. The SMILES string of the molecule is CC1(C)CC[C@]2(C(=O)OCc3cn(Cc4cccc(Cl)c4)nn3)CC[C@]3(C)C(=CC[C@@H]4[C@@]5(C)CC[C@H](O)[C@@](C)(COCc6cn(Cc7cccc(Cl)c7)nn6)[C@@H]5CC[C@]43C)[C@@H]2C1. The summed E-state index contributed by atoms with van der Waals surface area (Å²) >= 11 is 12.4. The van der Waals surface area contributed by atoms with Crippen LogP contribution in [0.15, 0.2) is 72.6 Å². The number of rotatable bonds is 11. The molecular formula is C50H64Cl2N6O4. The minimum Gasteiger partial charge on any atom is -0.459 e. The van der Waals surface area contributed by atoms with Crippen molar-refractivity contribution in [3.63, 3.8) is 0 Å². The average molecular weight is 884 g/mol. The van der Waals surface area contributed by atoms with Crippen LogP contribution in [0.1, 0.15) is 128 Å². The summed E-state index contributed by atoms with van der Waals surface area (Å²) in [5, 5.41) is 30.6. The maximum Gasteiger partial charge on any atom is 0.313 e. The molecule has 62 heavy (non-hydrogen) atoms. The topological polar surface area (TPSA) is 117 Å². The zero-order valence-corrected chi connectivity index (χ0v) is 38.9. The van der Waals surface area contributed by atoms with Gasteiger partial charge in [-0.15, -0.1) is 10.2 Å². The predicted octanol–water partition coefficient (Wildman–Crippen LogP) is 10.7. The normalized spacial score (nSPS) is 34.9. The second-order valence-electron chi connectivity index (χ2n) is 21.6. The molecule has 0 spiro atoms. The van der Waals surface area contributed by atoms with Crippen LogP contribution in [-0.4, -0.2) is 53.8 Å². The third kappa shape index (κ3) is 7.56. The third-order valence-electron chi connectivity index (χ3n) is 17.5. The van der Waals surface area contributed by atoms with E-state index in [1.54, 1.807) is 4.68 Å². The fraction of sp³-hybridized carbons (Fsp3) is 0.620. The number of aliphatic hydroxyl groups is 1. The molecule has 0 radical (unpaired) electrons. The number of aliphatic hydroxyl groups excluding tert-OH is 1. The van der Waals surface area contributed by atoms with E-state index in [-0.39, 0.29) is 40.2 Å². The molecule has 12 heteroatoms. The number of aromatic nitrogens is 6. The molecule has 0 aliphatic heterocycles. The van der Waals surface area contributed by atoms with Crippen LogP contribution in [0.5, 0.6) is 0 Å². The average Bonchev–Trinajstić information content (AvgIpc) is 3.87. The fourth-order valence-electron chi connectivity index (χ4n) is 13.9. The maximum atomic E-state index is 14.7. The molecule has 1 N–H and O–H groups in total. The van der Waals surface area contributed by atoms with Crippen LogP contribution < -0.4 is 0 Å². The Balaban J connectivity index is 0.912. The first-order chi connectivity index (χ1) is 29.5. The summed E-state index contributed by atoms with van der Waals surface area (Å²) in [5.74, 6) is 0.818. The van der Waals surface area contributed by atoms with E-state index in [2.05, 4.69) is 68.2 Å². The summed E-state index contributed by atoms with van der Waals surface area (Å²) < 4.78 is 16.4. The van der Waals surface area contributed by atoms with Crippen molar-refractivity contribution in [1.82, 2.24) is 30.0 Å². The highest BCUT2D eigenvalue weighted by Crippen LogP contribution is 2.76. The van der Waals surface area contributed by atoms with Gasteiger partial charge in [0.1, 0.15) is 18.0 Å². The van der Waals surface area contributed by atoms with Crippen molar-refractivity contribution in [1.29, 1.82) is 0 Å². The highest BCUT2D eigenvalue weighted by molar-refractivity contribution is 6.30. The highest BCUT2D eigenvalue weighted by atomic mass is 35.5. The van der Waals surface area contributed by atoms with Gasteiger partial charge in [-0.1, -0.05) is 111 Å². The first-order valence-electron chi connectivity index (χ1n) is 22.9. The molecule has 10 nitrogen and oxygen atoms in total. The predicted molar refractivity (Wildman–Crippen MR) is 240 cm³/mol. The fourth-order valence-corrected chi connectivity index (χ4v) is 14.3. The number of allylic oxidation sites excluding steroid dienone is 2. The van der Waals surface area contributed by atoms with Crippen LogP contribution in [0.3, 0.4) is 0 Å². The molecule has 9 atom stereocenters. The van der Waals surface area contributed by atoms with Gasteiger partial charge in [-0.3, -0.25) is 4.79 Å². The third-order valence-corrected chi connectivity index (χ3v) is 17.9. The van der Waals surface area contributed by atoms with Crippen molar-refractivity contribution in [2.75, 3.05) is 6.61 Å². The number of halogens is 2. The lowest BCUT2D eigenvalue weighted by Gasteiger charge is -2.71. The largest absolute Gasteiger partial charge is 0.459 e. The summed E-state index contributed by atoms with van der Waals surface area (Å²) in [6.45, 7) is 16.8. The van der Waals surface area contributed by atoms with Gasteiger partial charge >= 0.3 is 5.97 Å². The van der Waals surface area contributed by atoms with E-state index in [0.717, 1.165) is 81.0 Å². The quantitative estimate of drug-likeness (QED) is 0.117. The Labute approximate surface area is 377 Å². The number of hydrogen-bond acceptors (Lipinski definition) is 8. The zero-order valence-electron chi connectivity index (χ0n) is 37.4. The number of esters is 1. The highest BCUT2D eigenvalue weighted by Gasteiger charge is 2.70. The van der Waals surface area contributed by atoms with E-state index in [9.17, 15) is 9.90 Å². The molecular weight excluding hydrogens is 819 g/mol. The van der Waals surface area contributed by atoms with Crippen LogP contribution in [0.25, 0.3) is 0 Å². The number of hydrogen-bond donors (Lipinski definition) is 1. The van der Waals surface area contributed by atoms with Gasteiger partial charge in [0, 0.05) is 15.5 Å². The molecule has 0 bridgehead atoms. The van der Waals surface area contributed by atoms with Crippen molar-refractivity contribution in [3.8, 4) is 0 Å². The maximum absolute atomic E-state index is 14.7. The molecule has 332 valence electrons. The van der Waals surface area contributed by atoms with E-state index >= 15 is 0 Å². The number of nitrogens with zero attached hydrogens (tertiary/aromatic N) is 6. The van der Waals surface area contributed by atoms with Crippen molar-refractivity contribution >= 4 is 29.2 Å². The summed E-state index contributed by atoms with van der Waals surface area (Å²) in [6, 6.07) is 15.5. The monoisotopic (exact) mass is 882 g/mol. The number of ether oxygens (including phenoxy) is 2. The first-order valence-corrected chi connectivity index (χ1v) is 23.6. The lowest BCUT2D eigenvalue weighted by molar-refractivity contribution is -0.221. The van der Waals surface area contributed by atoms with Crippen LogP contribution in [-0.2, 0) is 40.6 Å². The van der Waals surface area contributed by atoms with Crippen molar-refractivity contribution in [2.45, 2.75) is 138 Å². The molecule has 9 rings (SSSR count). The number of carbonyl (C=O) groups is 1. The van der Waals surface area contributed by atoms with Crippen molar-refractivity contribution < 1.29 is 19.4 Å². The Morgan fingerprint density at radius 3 is 2.06 bits per heavy atom. The molecule has 4 aromatic rings. The van der Waals surface area contributed by atoms with Crippen LogP contribution in [0.4, 0.5) is 0 Å². The van der Waals surface area contributed by atoms with Gasteiger partial charge in [-0.05, 0) is 139 Å². The van der Waals surface area contributed by atoms with Crippen molar-refractivity contribution in [2.24, 2.45) is 50.2 Å². The summed E-state index contributed by atoms with van der Waals surface area (Å²) in [6.07, 6.45) is 15.5. The number of carbonyl (C=O) groups excluding carboxylic acids is 1.